The molecule has 0 bridgehead atoms. The van der Waals surface area contributed by atoms with Gasteiger partial charge in [-0.3, -0.25) is 4.79 Å². The molecule has 5 aromatic rings. The molecule has 2 aromatic heterocycles. The quantitative estimate of drug-likeness (QED) is 0.162. The fourth-order valence-corrected chi connectivity index (χ4v) is 4.89. The van der Waals surface area contributed by atoms with Crippen molar-refractivity contribution in [1.82, 2.24) is 20.3 Å². The number of aryl methyl sites for hydroxylation is 1. The normalized spacial score (nSPS) is 11.8. The second-order valence-corrected chi connectivity index (χ2v) is 9.57. The van der Waals surface area contributed by atoms with Crippen molar-refractivity contribution in [2.75, 3.05) is 24.2 Å². The van der Waals surface area contributed by atoms with E-state index in [1.807, 2.05) is 69.3 Å². The minimum absolute atomic E-state index is 0.185. The van der Waals surface area contributed by atoms with Crippen LogP contribution in [0.5, 0.6) is 5.75 Å². The largest absolute Gasteiger partial charge is 0.491 e. The lowest BCUT2D eigenvalue weighted by molar-refractivity contribution is 0.0956. The number of aromatic nitrogens is 3. The number of nitrogens with two attached hydrogens (primary N) is 1. The van der Waals surface area contributed by atoms with E-state index in [2.05, 4.69) is 20.6 Å². The molecule has 0 aliphatic rings. The van der Waals surface area contributed by atoms with Crippen LogP contribution in [0.25, 0.3) is 22.0 Å². The number of fused-ring (bicyclic) bond motifs is 1. The van der Waals surface area contributed by atoms with Gasteiger partial charge in [0.2, 0.25) is 0 Å². The van der Waals surface area contributed by atoms with Gasteiger partial charge in [0, 0.05) is 46.7 Å². The number of pyridine rings is 1. The first-order valence-electron chi connectivity index (χ1n) is 13.7. The number of nitrogen functional groups attached to an aromatic ring is 1. The Balaban J connectivity index is 1.63. The van der Waals surface area contributed by atoms with Gasteiger partial charge in [-0.25, -0.2) is 14.4 Å². The molecule has 9 heteroatoms. The van der Waals surface area contributed by atoms with Gasteiger partial charge in [-0.05, 0) is 67.6 Å². The van der Waals surface area contributed by atoms with Gasteiger partial charge < -0.3 is 26.1 Å². The van der Waals surface area contributed by atoms with Gasteiger partial charge in [0.15, 0.2) is 11.6 Å². The number of aromatic amines is 1. The minimum Gasteiger partial charge on any atom is -0.491 e. The fraction of sp³-hybridized carbons (Fsp3) is 0.219. The van der Waals surface area contributed by atoms with Gasteiger partial charge in [-0.15, -0.1) is 0 Å². The Morgan fingerprint density at radius 1 is 1.10 bits per heavy atom. The molecule has 1 amide bonds. The lowest BCUT2D eigenvalue weighted by Gasteiger charge is -2.22. The van der Waals surface area contributed by atoms with Crippen LogP contribution < -0.4 is 21.1 Å². The topological polar surface area (TPSA) is 118 Å². The zero-order valence-electron chi connectivity index (χ0n) is 23.3. The van der Waals surface area contributed by atoms with Crippen molar-refractivity contribution in [2.24, 2.45) is 0 Å². The van der Waals surface area contributed by atoms with Crippen LogP contribution in [-0.2, 0) is 6.42 Å². The molecule has 8 nitrogen and oxygen atoms in total. The number of carbonyl (C=O) groups is 1. The van der Waals surface area contributed by atoms with Crippen molar-refractivity contribution in [3.8, 4) is 17.0 Å². The number of halogens is 1. The summed E-state index contributed by atoms with van der Waals surface area (Å²) in [6, 6.07) is 17.7. The summed E-state index contributed by atoms with van der Waals surface area (Å²) >= 11 is 0. The molecule has 3 aromatic carbocycles. The molecule has 1 unspecified atom stereocenters. The number of amides is 1. The maximum atomic E-state index is 16.0. The Hall–Kier alpha value is -4.92. The molecule has 2 heterocycles. The van der Waals surface area contributed by atoms with E-state index in [-0.39, 0.29) is 11.7 Å². The van der Waals surface area contributed by atoms with Crippen molar-refractivity contribution in [3.05, 3.63) is 101 Å². The van der Waals surface area contributed by atoms with Crippen molar-refractivity contribution >= 4 is 28.2 Å². The average Bonchev–Trinajstić information content (AvgIpc) is 3.47. The first-order chi connectivity index (χ1) is 19.9. The number of rotatable bonds is 10. The van der Waals surface area contributed by atoms with E-state index in [0.29, 0.717) is 53.6 Å². The summed E-state index contributed by atoms with van der Waals surface area (Å²) in [7, 11) is 0. The summed E-state index contributed by atoms with van der Waals surface area (Å²) in [6.07, 6.45) is 4.09. The second-order valence-electron chi connectivity index (χ2n) is 9.57. The Labute approximate surface area is 238 Å². The zero-order valence-corrected chi connectivity index (χ0v) is 23.3. The van der Waals surface area contributed by atoms with Crippen LogP contribution in [0.4, 0.5) is 15.9 Å². The Kier molecular flexibility index (Phi) is 8.14. The maximum Gasteiger partial charge on any atom is 0.251 e. The molecule has 5 rings (SSSR count). The molecular weight excluding hydrogens is 519 g/mol. The zero-order chi connectivity index (χ0) is 28.9. The van der Waals surface area contributed by atoms with Crippen molar-refractivity contribution < 1.29 is 13.9 Å². The molecule has 0 aliphatic carbocycles. The predicted octanol–water partition coefficient (Wildman–Crippen LogP) is 6.26. The highest BCUT2D eigenvalue weighted by molar-refractivity contribution is 6.00. The predicted molar refractivity (Wildman–Crippen MR) is 161 cm³/mol. The van der Waals surface area contributed by atoms with E-state index >= 15 is 4.39 Å². The summed E-state index contributed by atoms with van der Waals surface area (Å²) in [6.45, 7) is 6.56. The first-order valence-corrected chi connectivity index (χ1v) is 13.7. The van der Waals surface area contributed by atoms with E-state index in [1.165, 1.54) is 0 Å². The number of nitrogens with zero attached hydrogens (tertiary/aromatic N) is 2. The van der Waals surface area contributed by atoms with E-state index in [0.717, 1.165) is 22.0 Å². The SMILES string of the molecule is CCNC(=O)c1ccccc1-c1c[nH]c(C(Nc2ccc3c(N)nccc3c2)c2cc(CC)cc(OCC)c2F)n1. The fourth-order valence-electron chi connectivity index (χ4n) is 4.89. The van der Waals surface area contributed by atoms with E-state index < -0.39 is 11.9 Å². The van der Waals surface area contributed by atoms with Gasteiger partial charge in [0.1, 0.15) is 17.7 Å². The lowest BCUT2D eigenvalue weighted by atomic mass is 9.99. The summed E-state index contributed by atoms with van der Waals surface area (Å²) in [4.78, 5) is 25.0. The Morgan fingerprint density at radius 3 is 2.71 bits per heavy atom. The number of carbonyl (C=O) groups excluding carboxylic acids is 1. The van der Waals surface area contributed by atoms with Crippen LogP contribution in [0.2, 0.25) is 0 Å². The smallest absolute Gasteiger partial charge is 0.251 e. The maximum absolute atomic E-state index is 16.0. The molecule has 0 saturated heterocycles. The highest BCUT2D eigenvalue weighted by Crippen LogP contribution is 2.35. The molecule has 0 radical (unpaired) electrons. The highest BCUT2D eigenvalue weighted by Gasteiger charge is 2.26. The van der Waals surface area contributed by atoms with Crippen molar-refractivity contribution in [2.45, 2.75) is 33.2 Å². The van der Waals surface area contributed by atoms with Gasteiger partial charge in [0.25, 0.3) is 5.91 Å². The number of ether oxygens (including phenoxy) is 1. The number of hydrogen-bond donors (Lipinski definition) is 4. The molecule has 5 N–H and O–H groups in total. The summed E-state index contributed by atoms with van der Waals surface area (Å²) < 4.78 is 21.7. The Morgan fingerprint density at radius 2 is 1.93 bits per heavy atom. The molecule has 41 heavy (non-hydrogen) atoms. The number of nitrogens with one attached hydrogen (secondary N) is 3. The van der Waals surface area contributed by atoms with Crippen LogP contribution in [-0.4, -0.2) is 34.0 Å². The van der Waals surface area contributed by atoms with Gasteiger partial charge in [0.05, 0.1) is 12.3 Å². The first kappa shape index (κ1) is 27.6. The van der Waals surface area contributed by atoms with E-state index in [4.69, 9.17) is 15.5 Å². The molecule has 0 saturated carbocycles. The standard InChI is InChI=1S/C32H33FN6O2/c1-4-19-15-25(28(33)27(16-19)41-6-3)29(38-21-11-12-22-20(17-21)13-14-36-30(22)34)31-37-18-26(39-31)23-9-7-8-10-24(23)32(40)35-5-2/h7-18,29,38H,4-6H2,1-3H3,(H2,34,36)(H,35,40)(H,37,39). The molecule has 210 valence electrons. The molecular formula is C32H33FN6O2. The number of benzene rings is 3. The monoisotopic (exact) mass is 552 g/mol. The third-order valence-corrected chi connectivity index (χ3v) is 6.91. The summed E-state index contributed by atoms with van der Waals surface area (Å²) in [5.74, 6) is 0.468. The van der Waals surface area contributed by atoms with Gasteiger partial charge in [-0.1, -0.05) is 31.2 Å². The van der Waals surface area contributed by atoms with Gasteiger partial charge >= 0.3 is 0 Å². The number of anilines is 2. The van der Waals surface area contributed by atoms with Gasteiger partial charge in [-0.2, -0.15) is 0 Å². The summed E-state index contributed by atoms with van der Waals surface area (Å²) in [5.41, 5.74) is 9.88. The highest BCUT2D eigenvalue weighted by atomic mass is 19.1. The van der Waals surface area contributed by atoms with E-state index in [9.17, 15) is 4.79 Å². The molecule has 0 fully saturated rings. The second kappa shape index (κ2) is 12.1. The van der Waals surface area contributed by atoms with Crippen LogP contribution in [0.1, 0.15) is 54.1 Å². The third kappa shape index (κ3) is 5.70. The van der Waals surface area contributed by atoms with Crippen molar-refractivity contribution in [3.63, 3.8) is 0 Å². The van der Waals surface area contributed by atoms with E-state index in [1.54, 1.807) is 24.5 Å². The lowest BCUT2D eigenvalue weighted by Crippen LogP contribution is -2.23. The molecule has 0 aliphatic heterocycles. The number of H-pyrrole nitrogens is 1. The summed E-state index contributed by atoms with van der Waals surface area (Å²) in [5, 5.41) is 8.05. The molecule has 1 atom stereocenters. The van der Waals surface area contributed by atoms with Crippen LogP contribution in [0.15, 0.2) is 73.1 Å². The van der Waals surface area contributed by atoms with Crippen LogP contribution in [0, 0.1) is 5.82 Å². The van der Waals surface area contributed by atoms with Crippen molar-refractivity contribution in [1.29, 1.82) is 0 Å². The van der Waals surface area contributed by atoms with Crippen LogP contribution >= 0.6 is 0 Å². The number of hydrogen-bond acceptors (Lipinski definition) is 6. The molecule has 0 spiro atoms. The third-order valence-electron chi connectivity index (χ3n) is 6.91. The average molecular weight is 553 g/mol. The minimum atomic E-state index is -0.706. The number of imidazole rings is 1. The van der Waals surface area contributed by atoms with Crippen LogP contribution in [0.3, 0.4) is 0 Å². The Bertz CT molecular complexity index is 1700.